The first-order valence-electron chi connectivity index (χ1n) is 7.41. The van der Waals surface area contributed by atoms with Gasteiger partial charge in [0, 0.05) is 24.0 Å². The molecule has 3 aromatic heterocycles. The van der Waals surface area contributed by atoms with E-state index >= 15 is 0 Å². The largest absolute Gasteiger partial charge is 0.364 e. The van der Waals surface area contributed by atoms with E-state index in [1.54, 1.807) is 30.6 Å². The van der Waals surface area contributed by atoms with Crippen molar-refractivity contribution in [2.75, 3.05) is 0 Å². The number of aromatic nitrogens is 5. The van der Waals surface area contributed by atoms with Crippen LogP contribution >= 0.6 is 0 Å². The molecule has 0 bridgehead atoms. The summed E-state index contributed by atoms with van der Waals surface area (Å²) in [5, 5.41) is 8.27. The van der Waals surface area contributed by atoms with Crippen LogP contribution in [0.1, 0.15) is 5.56 Å². The van der Waals surface area contributed by atoms with Crippen molar-refractivity contribution in [2.24, 2.45) is 0 Å². The first-order valence-corrected chi connectivity index (χ1v) is 7.41. The second-order valence-electron chi connectivity index (χ2n) is 5.23. The van der Waals surface area contributed by atoms with Gasteiger partial charge in [-0.25, -0.2) is 18.7 Å². The van der Waals surface area contributed by atoms with Crippen LogP contribution < -0.4 is 0 Å². The lowest BCUT2D eigenvalue weighted by atomic mass is 10.2. The van der Waals surface area contributed by atoms with E-state index in [2.05, 4.69) is 20.2 Å². The third kappa shape index (κ3) is 2.89. The molecule has 124 valence electrons. The molecule has 0 saturated carbocycles. The Hall–Kier alpha value is -3.42. The normalized spacial score (nSPS) is 11.0. The van der Waals surface area contributed by atoms with Crippen LogP contribution in [0.25, 0.3) is 22.9 Å². The number of halogens is 2. The zero-order chi connectivity index (χ0) is 17.2. The number of benzene rings is 1. The van der Waals surface area contributed by atoms with Crippen LogP contribution in [0.3, 0.4) is 0 Å². The minimum absolute atomic E-state index is 0.0872. The number of nitrogens with zero attached hydrogens (tertiary/aromatic N) is 5. The monoisotopic (exact) mass is 339 g/mol. The molecule has 0 aliphatic rings. The highest BCUT2D eigenvalue weighted by molar-refractivity contribution is 5.62. The van der Waals surface area contributed by atoms with Gasteiger partial charge in [-0.05, 0) is 24.3 Å². The maximum Gasteiger partial charge on any atom is 0.180 e. The maximum atomic E-state index is 14.0. The van der Waals surface area contributed by atoms with Gasteiger partial charge in [-0.15, -0.1) is 0 Å². The Kier molecular flexibility index (Phi) is 3.77. The van der Waals surface area contributed by atoms with Crippen molar-refractivity contribution in [3.63, 3.8) is 0 Å². The molecule has 1 aromatic carbocycles. The number of hydrogen-bond acceptors (Lipinski definition) is 5. The van der Waals surface area contributed by atoms with Gasteiger partial charge >= 0.3 is 0 Å². The molecule has 25 heavy (non-hydrogen) atoms. The third-order valence-electron chi connectivity index (χ3n) is 3.64. The van der Waals surface area contributed by atoms with Gasteiger partial charge in [0.25, 0.3) is 0 Å². The molecule has 0 unspecified atom stereocenters. The van der Waals surface area contributed by atoms with E-state index in [-0.39, 0.29) is 12.1 Å². The zero-order valence-electron chi connectivity index (χ0n) is 12.8. The summed E-state index contributed by atoms with van der Waals surface area (Å²) >= 11 is 0. The molecule has 0 spiro atoms. The summed E-state index contributed by atoms with van der Waals surface area (Å²) in [5.41, 5.74) is 1.41. The quantitative estimate of drug-likeness (QED) is 0.570. The summed E-state index contributed by atoms with van der Waals surface area (Å²) in [5.74, 6) is -0.877. The fourth-order valence-corrected chi connectivity index (χ4v) is 2.46. The standard InChI is InChI=1S/C17H11F2N5O/c18-12-3-1-4-13(19)11(12)10-24-16(14-5-8-25-23-14)9-15(22-24)17-20-6-2-7-21-17/h1-9H,10H2. The minimum Gasteiger partial charge on any atom is -0.364 e. The molecule has 0 radical (unpaired) electrons. The second kappa shape index (κ2) is 6.23. The highest BCUT2D eigenvalue weighted by Crippen LogP contribution is 2.25. The van der Waals surface area contributed by atoms with Gasteiger partial charge in [0.1, 0.15) is 29.3 Å². The fraction of sp³-hybridized carbons (Fsp3) is 0.0588. The van der Waals surface area contributed by atoms with Crippen LogP contribution in [-0.2, 0) is 6.54 Å². The van der Waals surface area contributed by atoms with Crippen molar-refractivity contribution < 1.29 is 13.3 Å². The minimum atomic E-state index is -0.640. The Morgan fingerprint density at radius 2 is 1.72 bits per heavy atom. The number of hydrogen-bond donors (Lipinski definition) is 0. The lowest BCUT2D eigenvalue weighted by molar-refractivity contribution is 0.421. The van der Waals surface area contributed by atoms with Crippen molar-refractivity contribution in [3.05, 3.63) is 72.3 Å². The van der Waals surface area contributed by atoms with Crippen molar-refractivity contribution in [1.29, 1.82) is 0 Å². The van der Waals surface area contributed by atoms with Gasteiger partial charge in [0.15, 0.2) is 5.82 Å². The first-order chi connectivity index (χ1) is 12.2. The molecule has 0 atom stereocenters. The van der Waals surface area contributed by atoms with Gasteiger partial charge in [-0.2, -0.15) is 5.10 Å². The number of rotatable bonds is 4. The summed E-state index contributed by atoms with van der Waals surface area (Å²) in [6.45, 7) is -0.104. The maximum absolute atomic E-state index is 14.0. The summed E-state index contributed by atoms with van der Waals surface area (Å²) in [6.07, 6.45) is 4.59. The van der Waals surface area contributed by atoms with Crippen molar-refractivity contribution in [2.45, 2.75) is 6.54 Å². The van der Waals surface area contributed by atoms with Crippen LogP contribution in [0.15, 0.2) is 59.6 Å². The third-order valence-corrected chi connectivity index (χ3v) is 3.64. The summed E-state index contributed by atoms with van der Waals surface area (Å²) in [7, 11) is 0. The Balaban J connectivity index is 1.82. The van der Waals surface area contributed by atoms with Crippen LogP contribution in [0.4, 0.5) is 8.78 Å². The van der Waals surface area contributed by atoms with E-state index in [0.29, 0.717) is 22.9 Å². The molecular formula is C17H11F2N5O. The Bertz CT molecular complexity index is 979. The van der Waals surface area contributed by atoms with Gasteiger partial charge in [0.05, 0.1) is 12.2 Å². The van der Waals surface area contributed by atoms with Gasteiger partial charge in [0.2, 0.25) is 0 Å². The second-order valence-corrected chi connectivity index (χ2v) is 5.23. The molecule has 0 N–H and O–H groups in total. The zero-order valence-corrected chi connectivity index (χ0v) is 12.8. The van der Waals surface area contributed by atoms with Gasteiger partial charge in [-0.1, -0.05) is 11.2 Å². The lowest BCUT2D eigenvalue weighted by Crippen LogP contribution is -2.08. The molecule has 0 saturated heterocycles. The van der Waals surface area contributed by atoms with Crippen molar-refractivity contribution >= 4 is 0 Å². The topological polar surface area (TPSA) is 69.6 Å². The van der Waals surface area contributed by atoms with Crippen LogP contribution in [0, 0.1) is 11.6 Å². The van der Waals surface area contributed by atoms with Crippen LogP contribution in [0.2, 0.25) is 0 Å². The Morgan fingerprint density at radius 3 is 2.40 bits per heavy atom. The average Bonchev–Trinajstić information content (AvgIpc) is 3.28. The van der Waals surface area contributed by atoms with Crippen molar-refractivity contribution in [1.82, 2.24) is 24.9 Å². The van der Waals surface area contributed by atoms with Crippen LogP contribution in [-0.4, -0.2) is 24.9 Å². The lowest BCUT2D eigenvalue weighted by Gasteiger charge is -2.07. The highest BCUT2D eigenvalue weighted by Gasteiger charge is 2.18. The SMILES string of the molecule is Fc1cccc(F)c1Cn1nc(-c2ncccn2)cc1-c1ccon1. The molecule has 6 nitrogen and oxygen atoms in total. The van der Waals surface area contributed by atoms with E-state index < -0.39 is 11.6 Å². The molecule has 0 fully saturated rings. The van der Waals surface area contributed by atoms with E-state index in [1.165, 1.54) is 29.1 Å². The van der Waals surface area contributed by atoms with E-state index in [9.17, 15) is 8.78 Å². The Morgan fingerprint density at radius 1 is 0.960 bits per heavy atom. The Labute approximate surface area is 140 Å². The molecule has 0 amide bonds. The predicted octanol–water partition coefficient (Wildman–Crippen LogP) is 3.32. The molecule has 3 heterocycles. The molecular weight excluding hydrogens is 328 g/mol. The smallest absolute Gasteiger partial charge is 0.180 e. The van der Waals surface area contributed by atoms with Crippen molar-refractivity contribution in [3.8, 4) is 22.9 Å². The van der Waals surface area contributed by atoms with Gasteiger partial charge < -0.3 is 4.52 Å². The van der Waals surface area contributed by atoms with E-state index in [1.807, 2.05) is 0 Å². The fourth-order valence-electron chi connectivity index (χ4n) is 2.46. The summed E-state index contributed by atoms with van der Waals surface area (Å²) < 4.78 is 34.3. The molecule has 4 aromatic rings. The highest BCUT2D eigenvalue weighted by atomic mass is 19.1. The van der Waals surface area contributed by atoms with Gasteiger partial charge in [-0.3, -0.25) is 4.68 Å². The summed E-state index contributed by atoms with van der Waals surface area (Å²) in [4.78, 5) is 8.30. The molecule has 4 rings (SSSR count). The van der Waals surface area contributed by atoms with Crippen LogP contribution in [0.5, 0.6) is 0 Å². The predicted molar refractivity (Wildman–Crippen MR) is 84.2 cm³/mol. The molecule has 0 aliphatic carbocycles. The first kappa shape index (κ1) is 15.1. The summed E-state index contributed by atoms with van der Waals surface area (Å²) in [6, 6.07) is 8.76. The molecule has 0 aliphatic heterocycles. The van der Waals surface area contributed by atoms with E-state index in [4.69, 9.17) is 4.52 Å². The average molecular weight is 339 g/mol. The van der Waals surface area contributed by atoms with E-state index in [0.717, 1.165) is 0 Å². The molecule has 8 heteroatoms.